The predicted octanol–water partition coefficient (Wildman–Crippen LogP) is 6.70. The Labute approximate surface area is 162 Å². The van der Waals surface area contributed by atoms with Crippen LogP contribution in [0.15, 0.2) is 24.3 Å². The summed E-state index contributed by atoms with van der Waals surface area (Å²) in [6.07, 6.45) is 1.86. The Kier molecular flexibility index (Phi) is 4.44. The van der Waals surface area contributed by atoms with E-state index in [9.17, 15) is 13.9 Å². The number of aryl methyl sites for hydroxylation is 1. The van der Waals surface area contributed by atoms with Gasteiger partial charge in [0.1, 0.15) is 5.82 Å². The number of benzene rings is 2. The van der Waals surface area contributed by atoms with Crippen molar-refractivity contribution < 1.29 is 18.3 Å². The zero-order chi connectivity index (χ0) is 20.3. The molecule has 148 valence electrons. The number of aromatic hydroxyl groups is 1. The molecule has 0 aliphatic heterocycles. The van der Waals surface area contributed by atoms with Crippen LogP contribution < -0.4 is 0 Å². The van der Waals surface area contributed by atoms with Crippen molar-refractivity contribution in [3.63, 3.8) is 0 Å². The van der Waals surface area contributed by atoms with Crippen LogP contribution in [0.1, 0.15) is 62.3 Å². The van der Waals surface area contributed by atoms with E-state index in [2.05, 4.69) is 6.92 Å². The molecule has 1 saturated carbocycles. The summed E-state index contributed by atoms with van der Waals surface area (Å²) in [4.78, 5) is 0. The third-order valence-electron chi connectivity index (χ3n) is 5.93. The Morgan fingerprint density at radius 1 is 1.07 bits per heavy atom. The fourth-order valence-electron chi connectivity index (χ4n) is 4.57. The van der Waals surface area contributed by atoms with Gasteiger partial charge in [-0.1, -0.05) is 20.8 Å². The first-order chi connectivity index (χ1) is 13.2. The molecule has 1 aromatic heterocycles. The van der Waals surface area contributed by atoms with Crippen molar-refractivity contribution >= 4 is 10.9 Å². The van der Waals surface area contributed by atoms with E-state index in [-0.39, 0.29) is 23.0 Å². The second-order valence-corrected chi connectivity index (χ2v) is 8.41. The fraction of sp³-hybridized carbons (Fsp3) is 0.391. The molecule has 1 fully saturated rings. The number of phenols is 1. The summed E-state index contributed by atoms with van der Waals surface area (Å²) in [7, 11) is 0. The van der Waals surface area contributed by atoms with Crippen LogP contribution in [0, 0.1) is 30.3 Å². The van der Waals surface area contributed by atoms with Gasteiger partial charge in [-0.05, 0) is 66.8 Å². The normalized spacial score (nSPS) is 19.4. The van der Waals surface area contributed by atoms with Gasteiger partial charge in [0, 0.05) is 22.8 Å². The summed E-state index contributed by atoms with van der Waals surface area (Å²) in [5.41, 5.74) is 3.24. The van der Waals surface area contributed by atoms with Gasteiger partial charge in [0.05, 0.1) is 5.52 Å². The lowest BCUT2D eigenvalue weighted by molar-refractivity contribution is 0.287. The Bertz CT molecular complexity index is 1080. The fourth-order valence-corrected chi connectivity index (χ4v) is 4.57. The molecule has 0 bridgehead atoms. The Morgan fingerprint density at radius 2 is 1.75 bits per heavy atom. The Balaban J connectivity index is 2.13. The average molecular weight is 387 g/mol. The lowest BCUT2D eigenvalue weighted by atomic mass is 9.71. The molecule has 1 aliphatic carbocycles. The molecule has 3 aromatic rings. The number of hydrogen-bond donors (Lipinski definition) is 1. The highest BCUT2D eigenvalue weighted by atomic mass is 19.1. The van der Waals surface area contributed by atoms with Crippen LogP contribution in [-0.4, -0.2) is 9.67 Å². The van der Waals surface area contributed by atoms with Crippen LogP contribution in [0.2, 0.25) is 0 Å². The summed E-state index contributed by atoms with van der Waals surface area (Å²) in [6.45, 7) is 7.85. The van der Waals surface area contributed by atoms with Crippen LogP contribution in [0.4, 0.5) is 13.2 Å². The molecule has 4 rings (SSSR count). The van der Waals surface area contributed by atoms with E-state index in [1.165, 1.54) is 12.1 Å². The Morgan fingerprint density at radius 3 is 2.32 bits per heavy atom. The van der Waals surface area contributed by atoms with Crippen molar-refractivity contribution in [1.29, 1.82) is 0 Å². The minimum Gasteiger partial charge on any atom is -0.503 e. The van der Waals surface area contributed by atoms with Gasteiger partial charge >= 0.3 is 0 Å². The standard InChI is InChI=1S/C23H24F3NO/c1-11(2)22-19(14-7-12(3)8-14)20-18(10-17(25)23(28)21(20)26)27(22)15-5-6-16(24)13(4)9-15/h5-6,9-12,14,28H,7-8H2,1-4H3. The maximum Gasteiger partial charge on any atom is 0.188 e. The van der Waals surface area contributed by atoms with E-state index < -0.39 is 17.4 Å². The molecular formula is C23H24F3NO. The highest BCUT2D eigenvalue weighted by Gasteiger charge is 2.35. The quantitative estimate of drug-likeness (QED) is 0.531. The number of fused-ring (bicyclic) bond motifs is 1. The van der Waals surface area contributed by atoms with Crippen molar-refractivity contribution in [2.75, 3.05) is 0 Å². The minimum absolute atomic E-state index is 0.0354. The van der Waals surface area contributed by atoms with Crippen molar-refractivity contribution in [2.45, 2.75) is 52.4 Å². The van der Waals surface area contributed by atoms with Gasteiger partial charge < -0.3 is 9.67 Å². The molecule has 0 radical (unpaired) electrons. The molecule has 0 unspecified atom stereocenters. The second kappa shape index (κ2) is 6.57. The van der Waals surface area contributed by atoms with Gasteiger partial charge in [-0.3, -0.25) is 0 Å². The summed E-state index contributed by atoms with van der Waals surface area (Å²) >= 11 is 0. The highest BCUT2D eigenvalue weighted by molar-refractivity contribution is 5.90. The molecule has 1 heterocycles. The number of nitrogens with zero attached hydrogens (tertiary/aromatic N) is 1. The van der Waals surface area contributed by atoms with Crippen LogP contribution in [0.5, 0.6) is 5.75 Å². The maximum absolute atomic E-state index is 15.1. The van der Waals surface area contributed by atoms with Crippen LogP contribution in [-0.2, 0) is 0 Å². The number of hydrogen-bond acceptors (Lipinski definition) is 1. The summed E-state index contributed by atoms with van der Waals surface area (Å²) in [5.74, 6) is -2.42. The van der Waals surface area contributed by atoms with E-state index in [0.717, 1.165) is 24.1 Å². The molecule has 1 N–H and O–H groups in total. The first kappa shape index (κ1) is 18.9. The summed E-state index contributed by atoms with van der Waals surface area (Å²) in [5, 5.41) is 10.2. The van der Waals surface area contributed by atoms with Gasteiger partial charge in [-0.25, -0.2) is 13.2 Å². The second-order valence-electron chi connectivity index (χ2n) is 8.41. The third-order valence-corrected chi connectivity index (χ3v) is 5.93. The molecule has 28 heavy (non-hydrogen) atoms. The number of rotatable bonds is 3. The molecule has 1 aliphatic rings. The van der Waals surface area contributed by atoms with Crippen LogP contribution in [0.3, 0.4) is 0 Å². The number of halogens is 3. The van der Waals surface area contributed by atoms with Gasteiger partial charge in [0.2, 0.25) is 0 Å². The third kappa shape index (κ3) is 2.71. The SMILES string of the molecule is Cc1cc(-n2c(C(C)C)c(C3CC(C)C3)c3c(F)c(O)c(F)cc32)ccc1F. The maximum atomic E-state index is 15.1. The zero-order valence-corrected chi connectivity index (χ0v) is 16.5. The van der Waals surface area contributed by atoms with E-state index in [4.69, 9.17) is 0 Å². The first-order valence-corrected chi connectivity index (χ1v) is 9.72. The molecule has 5 heteroatoms. The van der Waals surface area contributed by atoms with E-state index >= 15 is 4.39 Å². The van der Waals surface area contributed by atoms with Gasteiger partial charge in [-0.15, -0.1) is 0 Å². The largest absolute Gasteiger partial charge is 0.503 e. The first-order valence-electron chi connectivity index (χ1n) is 9.72. The van der Waals surface area contributed by atoms with Crippen molar-refractivity contribution in [3.05, 3.63) is 58.5 Å². The van der Waals surface area contributed by atoms with Crippen molar-refractivity contribution in [2.24, 2.45) is 5.92 Å². The van der Waals surface area contributed by atoms with Crippen LogP contribution in [0.25, 0.3) is 16.6 Å². The monoisotopic (exact) mass is 387 g/mol. The lowest BCUT2D eigenvalue weighted by Crippen LogP contribution is -2.20. The summed E-state index contributed by atoms with van der Waals surface area (Å²) in [6, 6.07) is 5.88. The Hall–Kier alpha value is -2.43. The highest BCUT2D eigenvalue weighted by Crippen LogP contribution is 2.50. The smallest absolute Gasteiger partial charge is 0.188 e. The topological polar surface area (TPSA) is 25.2 Å². The van der Waals surface area contributed by atoms with Gasteiger partial charge in [-0.2, -0.15) is 0 Å². The molecule has 0 spiro atoms. The number of aromatic nitrogens is 1. The summed E-state index contributed by atoms with van der Waals surface area (Å²) < 4.78 is 45.1. The molecule has 2 aromatic carbocycles. The molecule has 2 nitrogen and oxygen atoms in total. The van der Waals surface area contributed by atoms with Gasteiger partial charge in [0.15, 0.2) is 17.4 Å². The predicted molar refractivity (Wildman–Crippen MR) is 105 cm³/mol. The van der Waals surface area contributed by atoms with Crippen LogP contribution >= 0.6 is 0 Å². The van der Waals surface area contributed by atoms with E-state index in [1.54, 1.807) is 19.1 Å². The molecule has 0 saturated heterocycles. The number of phenolic OH excluding ortho intramolecular Hbond substituents is 1. The van der Waals surface area contributed by atoms with Gasteiger partial charge in [0.25, 0.3) is 0 Å². The van der Waals surface area contributed by atoms with Crippen molar-refractivity contribution in [3.8, 4) is 11.4 Å². The minimum atomic E-state index is -0.994. The average Bonchev–Trinajstić information content (AvgIpc) is 2.94. The van der Waals surface area contributed by atoms with Crippen molar-refractivity contribution in [1.82, 2.24) is 4.57 Å². The zero-order valence-electron chi connectivity index (χ0n) is 16.5. The lowest BCUT2D eigenvalue weighted by Gasteiger charge is -2.34. The van der Waals surface area contributed by atoms with E-state index in [1.807, 2.05) is 18.4 Å². The molecule has 0 atom stereocenters. The van der Waals surface area contributed by atoms with E-state index in [0.29, 0.717) is 22.7 Å². The molecular weight excluding hydrogens is 363 g/mol. The molecule has 0 amide bonds.